The number of hydrogen-bond acceptors (Lipinski definition) is 5. The van der Waals surface area contributed by atoms with Crippen LogP contribution in [0.3, 0.4) is 0 Å². The molecular weight excluding hydrogens is 352 g/mol. The molecule has 0 aliphatic rings. The van der Waals surface area contributed by atoms with Crippen LogP contribution in [0.2, 0.25) is 0 Å². The highest BCUT2D eigenvalue weighted by atomic mass is 16.5. The lowest BCUT2D eigenvalue weighted by atomic mass is 10.1. The number of ether oxygens (including phenoxy) is 1. The highest BCUT2D eigenvalue weighted by molar-refractivity contribution is 5.88. The fourth-order valence-corrected chi connectivity index (χ4v) is 3.13. The Bertz CT molecular complexity index is 883. The molecular formula is C23H30N2O3. The van der Waals surface area contributed by atoms with Crippen LogP contribution in [-0.4, -0.2) is 40.3 Å². The lowest BCUT2D eigenvalue weighted by Gasteiger charge is -2.27. The Hall–Kier alpha value is -2.37. The van der Waals surface area contributed by atoms with Crippen molar-refractivity contribution in [3.63, 3.8) is 0 Å². The summed E-state index contributed by atoms with van der Waals surface area (Å²) in [6.07, 6.45) is 1.18. The van der Waals surface area contributed by atoms with Gasteiger partial charge in [-0.3, -0.25) is 4.90 Å². The fraction of sp³-hybridized carbons (Fsp3) is 0.435. The summed E-state index contributed by atoms with van der Waals surface area (Å²) in [7, 11) is 0. The summed E-state index contributed by atoms with van der Waals surface area (Å²) in [5.74, 6) is 2.68. The number of nitrogens with zero attached hydrogens (tertiary/aromatic N) is 2. The van der Waals surface area contributed by atoms with E-state index in [-0.39, 0.29) is 12.6 Å². The Morgan fingerprint density at radius 1 is 1.07 bits per heavy atom. The predicted molar refractivity (Wildman–Crippen MR) is 112 cm³/mol. The van der Waals surface area contributed by atoms with Crippen molar-refractivity contribution in [1.82, 2.24) is 9.88 Å². The average molecular weight is 383 g/mol. The van der Waals surface area contributed by atoms with E-state index in [0.717, 1.165) is 22.3 Å². The molecule has 0 spiro atoms. The van der Waals surface area contributed by atoms with Gasteiger partial charge in [0.05, 0.1) is 12.7 Å². The zero-order valence-electron chi connectivity index (χ0n) is 17.1. The van der Waals surface area contributed by atoms with Gasteiger partial charge in [-0.2, -0.15) is 0 Å². The molecule has 0 saturated carbocycles. The van der Waals surface area contributed by atoms with Crippen LogP contribution in [0.5, 0.6) is 5.75 Å². The normalized spacial score (nSPS) is 13.0. The molecule has 0 bridgehead atoms. The summed E-state index contributed by atoms with van der Waals surface area (Å²) in [4.78, 5) is 6.52. The molecule has 0 aliphatic carbocycles. The monoisotopic (exact) mass is 382 g/mol. The van der Waals surface area contributed by atoms with Gasteiger partial charge in [-0.1, -0.05) is 50.2 Å². The van der Waals surface area contributed by atoms with Crippen LogP contribution < -0.4 is 4.74 Å². The Balaban J connectivity index is 1.60. The molecule has 5 heteroatoms. The van der Waals surface area contributed by atoms with Gasteiger partial charge in [0.1, 0.15) is 24.2 Å². The number of aliphatic hydroxyl groups excluding tert-OH is 1. The number of hydrogen-bond donors (Lipinski definition) is 1. The molecule has 1 N–H and O–H groups in total. The largest absolute Gasteiger partial charge is 0.490 e. The molecule has 150 valence electrons. The maximum absolute atomic E-state index is 10.6. The molecule has 1 aromatic heterocycles. The first-order valence-corrected chi connectivity index (χ1v) is 9.91. The van der Waals surface area contributed by atoms with Crippen LogP contribution >= 0.6 is 0 Å². The van der Waals surface area contributed by atoms with E-state index in [9.17, 15) is 5.11 Å². The third-order valence-electron chi connectivity index (χ3n) is 4.84. The lowest BCUT2D eigenvalue weighted by Crippen LogP contribution is -2.39. The van der Waals surface area contributed by atoms with E-state index in [1.54, 1.807) is 6.20 Å². The Morgan fingerprint density at radius 3 is 2.54 bits per heavy atom. The molecule has 0 aliphatic heterocycles. The molecule has 0 radical (unpaired) electrons. The van der Waals surface area contributed by atoms with E-state index in [0.29, 0.717) is 24.9 Å². The minimum atomic E-state index is -0.610. The standard InChI is InChI=1S/C23H30N2O3/c1-16(2)22-12-24-23(28-22)14-25(17(3)4)13-19(26)15-27-21-11-7-9-18-8-5-6-10-20(18)21/h5-12,16-17,19,26H,13-15H2,1-4H3. The van der Waals surface area contributed by atoms with Crippen molar-refractivity contribution < 1.29 is 14.3 Å². The van der Waals surface area contributed by atoms with Crippen molar-refractivity contribution in [2.75, 3.05) is 13.2 Å². The van der Waals surface area contributed by atoms with E-state index in [4.69, 9.17) is 9.15 Å². The molecule has 1 atom stereocenters. The first-order chi connectivity index (χ1) is 13.4. The van der Waals surface area contributed by atoms with Crippen LogP contribution in [0.15, 0.2) is 53.1 Å². The quantitative estimate of drug-likeness (QED) is 0.586. The molecule has 1 heterocycles. The Labute approximate surface area is 167 Å². The van der Waals surface area contributed by atoms with Crippen LogP contribution in [0.4, 0.5) is 0 Å². The Kier molecular flexibility index (Phi) is 6.70. The van der Waals surface area contributed by atoms with E-state index in [1.165, 1.54) is 0 Å². The molecule has 28 heavy (non-hydrogen) atoms. The number of fused-ring (bicyclic) bond motifs is 1. The maximum Gasteiger partial charge on any atom is 0.208 e. The minimum Gasteiger partial charge on any atom is -0.490 e. The second kappa shape index (κ2) is 9.22. The van der Waals surface area contributed by atoms with E-state index in [1.807, 2.05) is 30.3 Å². The van der Waals surface area contributed by atoms with Gasteiger partial charge >= 0.3 is 0 Å². The number of aliphatic hydroxyl groups is 1. The van der Waals surface area contributed by atoms with Gasteiger partial charge in [-0.25, -0.2) is 4.98 Å². The molecule has 0 amide bonds. The Morgan fingerprint density at radius 2 is 1.82 bits per heavy atom. The first-order valence-electron chi connectivity index (χ1n) is 9.91. The second-order valence-corrected chi connectivity index (χ2v) is 7.78. The van der Waals surface area contributed by atoms with Crippen molar-refractivity contribution in [2.45, 2.75) is 52.3 Å². The highest BCUT2D eigenvalue weighted by Gasteiger charge is 2.19. The minimum absolute atomic E-state index is 0.236. The summed E-state index contributed by atoms with van der Waals surface area (Å²) in [5.41, 5.74) is 0. The molecule has 5 nitrogen and oxygen atoms in total. The third-order valence-corrected chi connectivity index (χ3v) is 4.84. The maximum atomic E-state index is 10.6. The van der Waals surface area contributed by atoms with Gasteiger partial charge in [-0.15, -0.1) is 0 Å². The number of aromatic nitrogens is 1. The molecule has 0 saturated heterocycles. The predicted octanol–water partition coefficient (Wildman–Crippen LogP) is 4.60. The van der Waals surface area contributed by atoms with Gasteiger partial charge in [0.15, 0.2) is 0 Å². The van der Waals surface area contributed by atoms with Crippen LogP contribution in [0.25, 0.3) is 10.8 Å². The number of rotatable bonds is 9. The zero-order chi connectivity index (χ0) is 20.1. The van der Waals surface area contributed by atoms with Crippen LogP contribution in [0.1, 0.15) is 45.3 Å². The topological polar surface area (TPSA) is 58.7 Å². The second-order valence-electron chi connectivity index (χ2n) is 7.78. The van der Waals surface area contributed by atoms with Gasteiger partial charge in [0.2, 0.25) is 5.89 Å². The van der Waals surface area contributed by atoms with E-state index >= 15 is 0 Å². The summed E-state index contributed by atoms with van der Waals surface area (Å²) in [6, 6.07) is 14.3. The van der Waals surface area contributed by atoms with Crippen molar-refractivity contribution in [3.8, 4) is 5.75 Å². The lowest BCUT2D eigenvalue weighted by molar-refractivity contribution is 0.0511. The van der Waals surface area contributed by atoms with Crippen molar-refractivity contribution >= 4 is 10.8 Å². The molecule has 1 unspecified atom stereocenters. The first kappa shape index (κ1) is 20.4. The zero-order valence-corrected chi connectivity index (χ0v) is 17.1. The summed E-state index contributed by atoms with van der Waals surface area (Å²) >= 11 is 0. The number of benzene rings is 2. The third kappa shape index (κ3) is 5.12. The van der Waals surface area contributed by atoms with Crippen molar-refractivity contribution in [1.29, 1.82) is 0 Å². The summed E-state index contributed by atoms with van der Waals surface area (Å²) in [6.45, 7) is 9.66. The number of oxazole rings is 1. The molecule has 3 aromatic rings. The van der Waals surface area contributed by atoms with Gasteiger partial charge in [0.25, 0.3) is 0 Å². The fourth-order valence-electron chi connectivity index (χ4n) is 3.13. The average Bonchev–Trinajstić information content (AvgIpc) is 3.14. The molecule has 0 fully saturated rings. The van der Waals surface area contributed by atoms with Crippen LogP contribution in [-0.2, 0) is 6.54 Å². The molecule has 3 rings (SSSR count). The molecule has 2 aromatic carbocycles. The van der Waals surface area contributed by atoms with Crippen LogP contribution in [0, 0.1) is 0 Å². The van der Waals surface area contributed by atoms with Gasteiger partial charge in [0, 0.05) is 23.9 Å². The summed E-state index contributed by atoms with van der Waals surface area (Å²) < 4.78 is 11.8. The van der Waals surface area contributed by atoms with E-state index < -0.39 is 6.10 Å². The van der Waals surface area contributed by atoms with Gasteiger partial charge < -0.3 is 14.3 Å². The van der Waals surface area contributed by atoms with Gasteiger partial charge in [-0.05, 0) is 25.3 Å². The highest BCUT2D eigenvalue weighted by Crippen LogP contribution is 2.25. The van der Waals surface area contributed by atoms with E-state index in [2.05, 4.69) is 49.7 Å². The SMILES string of the molecule is CC(C)c1cnc(CN(CC(O)COc2cccc3ccccc23)C(C)C)o1. The summed E-state index contributed by atoms with van der Waals surface area (Å²) in [5, 5.41) is 12.7. The van der Waals surface area contributed by atoms with Crippen molar-refractivity contribution in [2.24, 2.45) is 0 Å². The van der Waals surface area contributed by atoms with Crippen molar-refractivity contribution in [3.05, 3.63) is 60.3 Å². The smallest absolute Gasteiger partial charge is 0.208 e.